The van der Waals surface area contributed by atoms with E-state index in [1.165, 1.54) is 17.1 Å². The van der Waals surface area contributed by atoms with E-state index in [9.17, 15) is 18.7 Å². The first-order chi connectivity index (χ1) is 15.7. The summed E-state index contributed by atoms with van der Waals surface area (Å²) < 4.78 is 27.4. The smallest absolute Gasteiger partial charge is 0.246 e. The molecule has 1 atom stereocenters. The summed E-state index contributed by atoms with van der Waals surface area (Å²) >= 11 is 0. The summed E-state index contributed by atoms with van der Waals surface area (Å²) in [6.07, 6.45) is 4.81. The summed E-state index contributed by atoms with van der Waals surface area (Å²) in [5.41, 5.74) is -0.207. The number of aliphatic hydroxyl groups is 1. The Hall–Kier alpha value is -3.38. The molecule has 0 unspecified atom stereocenters. The van der Waals surface area contributed by atoms with Gasteiger partial charge in [0.25, 0.3) is 0 Å². The fourth-order valence-corrected chi connectivity index (χ4v) is 3.97. The van der Waals surface area contributed by atoms with Crippen molar-refractivity contribution in [1.82, 2.24) is 15.0 Å². The highest BCUT2D eigenvalue weighted by Gasteiger charge is 2.35. The summed E-state index contributed by atoms with van der Waals surface area (Å²) in [6.45, 7) is 4.36. The van der Waals surface area contributed by atoms with E-state index in [4.69, 9.17) is 0 Å². The standard InChI is InChI=1S/C24H25F2N5O2/c1-24(2,33)8-3-20-4-9-27-23(29-20)30-11-6-16(7-12-30)22(32)31-21(5-10-28-31)17-13-18(25)15-19(26)14-17/h4,9-10,13-16,21,33H,5-7,11-12H2,1-2H3/t21-/m1/s1. The number of hydrogen-bond acceptors (Lipinski definition) is 6. The summed E-state index contributed by atoms with van der Waals surface area (Å²) in [5, 5.41) is 15.3. The molecule has 0 bridgehead atoms. The number of aromatic nitrogens is 2. The van der Waals surface area contributed by atoms with Crippen molar-refractivity contribution in [3.05, 3.63) is 53.4 Å². The molecule has 1 saturated heterocycles. The first kappa shape index (κ1) is 22.8. The van der Waals surface area contributed by atoms with Crippen LogP contribution in [0.1, 0.15) is 50.4 Å². The molecule has 2 aromatic rings. The van der Waals surface area contributed by atoms with Gasteiger partial charge in [-0.2, -0.15) is 5.10 Å². The van der Waals surface area contributed by atoms with E-state index >= 15 is 0 Å². The molecular formula is C24H25F2N5O2. The fourth-order valence-electron chi connectivity index (χ4n) is 3.97. The molecule has 0 spiro atoms. The topological polar surface area (TPSA) is 81.9 Å². The molecule has 9 heteroatoms. The van der Waals surface area contributed by atoms with E-state index in [1.54, 1.807) is 32.3 Å². The molecule has 7 nitrogen and oxygen atoms in total. The highest BCUT2D eigenvalue weighted by molar-refractivity contribution is 5.82. The van der Waals surface area contributed by atoms with Gasteiger partial charge in [-0.05, 0) is 56.4 Å². The van der Waals surface area contributed by atoms with Gasteiger partial charge in [0.05, 0.1) is 6.04 Å². The van der Waals surface area contributed by atoms with Gasteiger partial charge in [-0.1, -0.05) is 5.92 Å². The van der Waals surface area contributed by atoms with E-state index in [2.05, 4.69) is 26.9 Å². The summed E-state index contributed by atoms with van der Waals surface area (Å²) in [6, 6.07) is 4.48. The lowest BCUT2D eigenvalue weighted by atomic mass is 9.94. The van der Waals surface area contributed by atoms with Crippen LogP contribution in [0.25, 0.3) is 0 Å². The molecule has 2 aliphatic heterocycles. The second-order valence-corrected chi connectivity index (χ2v) is 8.75. The first-order valence-corrected chi connectivity index (χ1v) is 10.8. The number of carbonyl (C=O) groups is 1. The van der Waals surface area contributed by atoms with Crippen LogP contribution >= 0.6 is 0 Å². The number of rotatable bonds is 3. The van der Waals surface area contributed by atoms with Crippen molar-refractivity contribution in [3.63, 3.8) is 0 Å². The number of hydrogen-bond donors (Lipinski definition) is 1. The van der Waals surface area contributed by atoms with E-state index < -0.39 is 23.3 Å². The first-order valence-electron chi connectivity index (χ1n) is 10.8. The van der Waals surface area contributed by atoms with Gasteiger partial charge in [-0.3, -0.25) is 4.79 Å². The zero-order chi connectivity index (χ0) is 23.6. The summed E-state index contributed by atoms with van der Waals surface area (Å²) in [4.78, 5) is 23.9. The van der Waals surface area contributed by atoms with Crippen LogP contribution in [0.5, 0.6) is 0 Å². The molecule has 1 aromatic carbocycles. The number of halogens is 2. The van der Waals surface area contributed by atoms with Gasteiger partial charge in [-0.15, -0.1) is 0 Å². The van der Waals surface area contributed by atoms with E-state index in [-0.39, 0.29) is 11.8 Å². The molecule has 2 aliphatic rings. The lowest BCUT2D eigenvalue weighted by Crippen LogP contribution is -2.41. The van der Waals surface area contributed by atoms with E-state index in [0.29, 0.717) is 49.6 Å². The van der Waals surface area contributed by atoms with Crippen LogP contribution in [0.15, 0.2) is 35.6 Å². The minimum Gasteiger partial charge on any atom is -0.378 e. The molecule has 1 N–H and O–H groups in total. The minimum absolute atomic E-state index is 0.149. The maximum atomic E-state index is 13.7. The van der Waals surface area contributed by atoms with Crippen LogP contribution in [0.2, 0.25) is 0 Å². The molecule has 3 heterocycles. The van der Waals surface area contributed by atoms with Gasteiger partial charge in [0, 0.05) is 43.9 Å². The highest BCUT2D eigenvalue weighted by Crippen LogP contribution is 2.33. The molecular weight excluding hydrogens is 428 g/mol. The Morgan fingerprint density at radius 3 is 2.55 bits per heavy atom. The lowest BCUT2D eigenvalue weighted by molar-refractivity contribution is -0.138. The average Bonchev–Trinajstić information content (AvgIpc) is 3.26. The molecule has 1 fully saturated rings. The Kier molecular flexibility index (Phi) is 6.38. The van der Waals surface area contributed by atoms with Gasteiger partial charge in [0.15, 0.2) is 0 Å². The van der Waals surface area contributed by atoms with Crippen molar-refractivity contribution >= 4 is 18.1 Å². The van der Waals surface area contributed by atoms with E-state index in [0.717, 1.165) is 6.07 Å². The number of piperidine rings is 1. The predicted molar refractivity (Wildman–Crippen MR) is 119 cm³/mol. The van der Waals surface area contributed by atoms with Crippen molar-refractivity contribution < 1.29 is 18.7 Å². The second-order valence-electron chi connectivity index (χ2n) is 8.75. The van der Waals surface area contributed by atoms with Crippen LogP contribution in [0, 0.1) is 29.4 Å². The number of nitrogens with zero attached hydrogens (tertiary/aromatic N) is 5. The molecule has 1 amide bonds. The Morgan fingerprint density at radius 2 is 1.88 bits per heavy atom. The maximum absolute atomic E-state index is 13.7. The Balaban J connectivity index is 1.41. The molecule has 33 heavy (non-hydrogen) atoms. The molecule has 4 rings (SSSR count). The van der Waals surface area contributed by atoms with Crippen LogP contribution in [-0.2, 0) is 4.79 Å². The summed E-state index contributed by atoms with van der Waals surface area (Å²) in [5.74, 6) is 4.35. The van der Waals surface area contributed by atoms with Crippen molar-refractivity contribution in [3.8, 4) is 11.8 Å². The van der Waals surface area contributed by atoms with Gasteiger partial charge < -0.3 is 10.0 Å². The van der Waals surface area contributed by atoms with Gasteiger partial charge >= 0.3 is 0 Å². The number of anilines is 1. The average molecular weight is 453 g/mol. The SMILES string of the molecule is CC(C)(O)C#Cc1ccnc(N2CCC(C(=O)N3N=CC[C@@H]3c3cc(F)cc(F)c3)CC2)n1. The fraction of sp³-hybridized carbons (Fsp3) is 0.417. The molecule has 0 saturated carbocycles. The monoisotopic (exact) mass is 453 g/mol. The van der Waals surface area contributed by atoms with E-state index in [1.807, 2.05) is 4.90 Å². The Labute approximate surface area is 191 Å². The largest absolute Gasteiger partial charge is 0.378 e. The number of carbonyl (C=O) groups excluding carboxylic acids is 1. The zero-order valence-corrected chi connectivity index (χ0v) is 18.5. The summed E-state index contributed by atoms with van der Waals surface area (Å²) in [7, 11) is 0. The van der Waals surface area contributed by atoms with Crippen LogP contribution in [0.3, 0.4) is 0 Å². The third-order valence-corrected chi connectivity index (χ3v) is 5.59. The van der Waals surface area contributed by atoms with Crippen molar-refractivity contribution in [1.29, 1.82) is 0 Å². The number of amides is 1. The van der Waals surface area contributed by atoms with Gasteiger partial charge in [0.1, 0.15) is 22.9 Å². The van der Waals surface area contributed by atoms with Gasteiger partial charge in [0.2, 0.25) is 11.9 Å². The Bertz CT molecular complexity index is 1110. The minimum atomic E-state index is -1.11. The van der Waals surface area contributed by atoms with Gasteiger partial charge in [-0.25, -0.2) is 23.8 Å². The molecule has 0 aliphatic carbocycles. The third kappa shape index (κ3) is 5.52. The van der Waals surface area contributed by atoms with Crippen LogP contribution in [-0.4, -0.2) is 50.9 Å². The third-order valence-electron chi connectivity index (χ3n) is 5.59. The lowest BCUT2D eigenvalue weighted by Gasteiger charge is -2.33. The van der Waals surface area contributed by atoms with Crippen molar-refractivity contribution in [2.75, 3.05) is 18.0 Å². The van der Waals surface area contributed by atoms with Crippen molar-refractivity contribution in [2.45, 2.75) is 44.8 Å². The van der Waals surface area contributed by atoms with Crippen LogP contribution < -0.4 is 4.90 Å². The number of benzene rings is 1. The zero-order valence-electron chi connectivity index (χ0n) is 18.5. The highest BCUT2D eigenvalue weighted by atomic mass is 19.1. The molecule has 172 valence electrons. The van der Waals surface area contributed by atoms with Crippen LogP contribution in [0.4, 0.5) is 14.7 Å². The number of hydrazone groups is 1. The quantitative estimate of drug-likeness (QED) is 0.723. The predicted octanol–water partition coefficient (Wildman–Crippen LogP) is 3.05. The Morgan fingerprint density at radius 1 is 1.18 bits per heavy atom. The van der Waals surface area contributed by atoms with Crippen molar-refractivity contribution in [2.24, 2.45) is 11.0 Å². The molecule has 0 radical (unpaired) electrons. The molecule has 1 aromatic heterocycles. The normalized spacial score (nSPS) is 18.9. The second kappa shape index (κ2) is 9.24. The maximum Gasteiger partial charge on any atom is 0.246 e.